The minimum Gasteiger partial charge on any atom is -0.478 e. The SMILES string of the molecule is CCN(CC)CCCNc1nc(-c2cc(C(=O)NCCOC)ccc2C)c2ccc(=O)n(-c3c(F)cccc3F)c2n1.CCN(CC)CCCNc1nc(-c2cc(C(=O)O)ccc2C)c2ccc(=O)n(-c3c(F)cccc3F)c2n1. The van der Waals surface area contributed by atoms with Crippen LogP contribution in [0.2, 0.25) is 0 Å². The van der Waals surface area contributed by atoms with Crippen molar-refractivity contribution in [2.24, 2.45) is 0 Å². The minimum absolute atomic E-state index is 0.00197. The van der Waals surface area contributed by atoms with Gasteiger partial charge in [-0.25, -0.2) is 32.3 Å². The van der Waals surface area contributed by atoms with Gasteiger partial charge in [0, 0.05) is 66.3 Å². The van der Waals surface area contributed by atoms with Crippen LogP contribution < -0.4 is 27.1 Å². The number of aryl methyl sites for hydroxylation is 2. The molecule has 0 atom stereocenters. The number of pyridine rings is 2. The van der Waals surface area contributed by atoms with Crippen LogP contribution in [-0.4, -0.2) is 128 Å². The predicted octanol–water partition coefficient (Wildman–Crippen LogP) is 9.43. The lowest BCUT2D eigenvalue weighted by Crippen LogP contribution is -2.27. The van der Waals surface area contributed by atoms with Gasteiger partial charge in [0.05, 0.1) is 23.6 Å². The van der Waals surface area contributed by atoms with Gasteiger partial charge in [-0.1, -0.05) is 52.0 Å². The maximum absolute atomic E-state index is 15.0. The summed E-state index contributed by atoms with van der Waals surface area (Å²) < 4.78 is 66.5. The summed E-state index contributed by atoms with van der Waals surface area (Å²) in [5.74, 6) is -4.67. The Labute approximate surface area is 460 Å². The van der Waals surface area contributed by atoms with Crippen molar-refractivity contribution in [3.63, 3.8) is 0 Å². The van der Waals surface area contributed by atoms with E-state index in [4.69, 9.17) is 9.72 Å². The van der Waals surface area contributed by atoms with E-state index in [-0.39, 0.29) is 34.7 Å². The lowest BCUT2D eigenvalue weighted by molar-refractivity contribution is 0.0696. The highest BCUT2D eigenvalue weighted by molar-refractivity contribution is 5.99. The number of methoxy groups -OCH3 is 1. The average molecular weight is 1100 g/mol. The number of hydrogen-bond donors (Lipinski definition) is 4. The molecule has 0 spiro atoms. The van der Waals surface area contributed by atoms with Gasteiger partial charge >= 0.3 is 5.97 Å². The molecule has 8 aromatic rings. The quantitative estimate of drug-likeness (QED) is 0.0349. The summed E-state index contributed by atoms with van der Waals surface area (Å²) in [6.07, 6.45) is 1.59. The van der Waals surface area contributed by atoms with Gasteiger partial charge in [-0.05, 0) is 138 Å². The number of amides is 1. The molecule has 0 unspecified atom stereocenters. The van der Waals surface area contributed by atoms with E-state index >= 15 is 0 Å². The van der Waals surface area contributed by atoms with E-state index in [2.05, 4.69) is 68.4 Å². The minimum atomic E-state index is -1.11. The van der Waals surface area contributed by atoms with Gasteiger partial charge in [0.1, 0.15) is 34.6 Å². The summed E-state index contributed by atoms with van der Waals surface area (Å²) >= 11 is 0. The molecule has 0 radical (unpaired) electrons. The molecule has 8 rings (SSSR count). The fourth-order valence-corrected chi connectivity index (χ4v) is 9.12. The number of para-hydroxylation sites is 2. The summed E-state index contributed by atoms with van der Waals surface area (Å²) in [4.78, 5) is 73.7. The van der Waals surface area contributed by atoms with Crippen molar-refractivity contribution >= 4 is 45.8 Å². The Morgan fingerprint density at radius 2 is 0.988 bits per heavy atom. The van der Waals surface area contributed by atoms with Gasteiger partial charge in [-0.2, -0.15) is 9.97 Å². The van der Waals surface area contributed by atoms with Crippen LogP contribution in [0.25, 0.3) is 56.0 Å². The third-order valence-corrected chi connectivity index (χ3v) is 13.6. The molecule has 0 saturated heterocycles. The molecule has 0 aliphatic rings. The van der Waals surface area contributed by atoms with Crippen LogP contribution in [0.15, 0.2) is 107 Å². The topological polar surface area (TPSA) is 202 Å². The number of anilines is 2. The number of ether oxygens (including phenoxy) is 1. The number of hydrogen-bond acceptors (Lipinski definition) is 13. The largest absolute Gasteiger partial charge is 0.478 e. The molecule has 0 aliphatic carbocycles. The first kappa shape index (κ1) is 59.3. The molecule has 17 nitrogen and oxygen atoms in total. The van der Waals surface area contributed by atoms with Crippen molar-refractivity contribution in [2.75, 3.05) is 83.3 Å². The van der Waals surface area contributed by atoms with Gasteiger partial charge in [0.25, 0.3) is 17.0 Å². The normalized spacial score (nSPS) is 11.3. The molecular weight excluding hydrogens is 1030 g/mol. The van der Waals surface area contributed by atoms with E-state index in [9.17, 15) is 41.8 Å². The Morgan fingerprint density at radius 3 is 1.39 bits per heavy atom. The van der Waals surface area contributed by atoms with Crippen LogP contribution in [0, 0.1) is 37.1 Å². The molecule has 0 saturated carbocycles. The van der Waals surface area contributed by atoms with Crippen LogP contribution in [0.4, 0.5) is 29.5 Å². The van der Waals surface area contributed by atoms with Gasteiger partial charge < -0.3 is 35.6 Å². The zero-order valence-electron chi connectivity index (χ0n) is 45.8. The average Bonchev–Trinajstić information content (AvgIpc) is 3.55. The molecule has 4 aromatic carbocycles. The second-order valence-electron chi connectivity index (χ2n) is 18.6. The third kappa shape index (κ3) is 13.7. The lowest BCUT2D eigenvalue weighted by atomic mass is 9.99. The van der Waals surface area contributed by atoms with Crippen molar-refractivity contribution in [2.45, 2.75) is 54.4 Å². The smallest absolute Gasteiger partial charge is 0.335 e. The van der Waals surface area contributed by atoms with Gasteiger partial charge in [-0.15, -0.1) is 0 Å². The summed E-state index contributed by atoms with van der Waals surface area (Å²) in [7, 11) is 1.55. The highest BCUT2D eigenvalue weighted by Crippen LogP contribution is 2.34. The van der Waals surface area contributed by atoms with E-state index in [0.29, 0.717) is 65.1 Å². The van der Waals surface area contributed by atoms with Crippen LogP contribution in [0.1, 0.15) is 72.4 Å². The Kier molecular flexibility index (Phi) is 20.3. The van der Waals surface area contributed by atoms with Crippen LogP contribution >= 0.6 is 0 Å². The molecular formula is C59H65F4N11O6. The van der Waals surface area contributed by atoms with E-state index in [1.165, 1.54) is 48.5 Å². The standard InChI is InChI=1S/C31H36F2N6O3.C28H29F2N5O3/c1-5-38(6-2)17-8-15-35-31-36-27(23-19-21(12-11-20(23)3)30(41)34-16-18-42-4)22-13-14-26(40)39(29(22)37-31)28-24(32)9-7-10-25(28)33;1-4-34(5-2)15-7-14-31-28-32-24(20-16-18(27(37)38)11-10-17(20)3)19-12-13-23(36)35(26(19)33-28)25-21(29)8-6-9-22(25)30/h7,9-14,19H,5-6,8,15-18H2,1-4H3,(H,34,41)(H,35,36,37);6,8-13,16H,4-5,7,14-15H2,1-3H3,(H,37,38)(H,31,32,33). The number of fused-ring (bicyclic) bond motifs is 2. The number of carboxylic acids is 1. The van der Waals surface area contributed by atoms with E-state index in [1.54, 1.807) is 38.3 Å². The zero-order chi connectivity index (χ0) is 57.6. The monoisotopic (exact) mass is 1100 g/mol. The molecule has 4 heterocycles. The number of carbonyl (C=O) groups is 2. The maximum atomic E-state index is 15.0. The van der Waals surface area contributed by atoms with E-state index in [1.807, 2.05) is 6.92 Å². The van der Waals surface area contributed by atoms with Gasteiger partial charge in [-0.3, -0.25) is 23.5 Å². The third-order valence-electron chi connectivity index (χ3n) is 13.6. The van der Waals surface area contributed by atoms with Crippen molar-refractivity contribution in [1.82, 2.24) is 44.2 Å². The van der Waals surface area contributed by atoms with Crippen LogP contribution in [-0.2, 0) is 4.74 Å². The first-order valence-electron chi connectivity index (χ1n) is 26.4. The molecule has 4 N–H and O–H groups in total. The Hall–Kier alpha value is -8.40. The predicted molar refractivity (Wildman–Crippen MR) is 303 cm³/mol. The van der Waals surface area contributed by atoms with E-state index in [0.717, 1.165) is 96.6 Å². The fourth-order valence-electron chi connectivity index (χ4n) is 9.12. The number of nitrogens with zero attached hydrogens (tertiary/aromatic N) is 8. The number of carboxylic acid groups (broad SMARTS) is 1. The van der Waals surface area contributed by atoms with Gasteiger partial charge in [0.2, 0.25) is 11.9 Å². The van der Waals surface area contributed by atoms with Crippen molar-refractivity contribution in [3.05, 3.63) is 163 Å². The molecule has 21 heteroatoms. The molecule has 1 amide bonds. The summed E-state index contributed by atoms with van der Waals surface area (Å²) in [6, 6.07) is 22.1. The fraction of sp³-hybridized carbons (Fsp3) is 0.322. The first-order valence-corrected chi connectivity index (χ1v) is 26.4. The van der Waals surface area contributed by atoms with Crippen LogP contribution in [0.3, 0.4) is 0 Å². The van der Waals surface area contributed by atoms with Gasteiger partial charge in [0.15, 0.2) is 11.3 Å². The molecule has 4 aromatic heterocycles. The highest BCUT2D eigenvalue weighted by Gasteiger charge is 2.24. The highest BCUT2D eigenvalue weighted by atomic mass is 19.1. The number of benzene rings is 4. The molecule has 0 bridgehead atoms. The summed E-state index contributed by atoms with van der Waals surface area (Å²) in [5.41, 5.74) is 1.53. The number of aromatic carboxylic acids is 1. The number of carbonyl (C=O) groups excluding carboxylic acids is 1. The second kappa shape index (κ2) is 27.5. The van der Waals surface area contributed by atoms with Crippen molar-refractivity contribution < 1.29 is 37.0 Å². The molecule has 420 valence electrons. The van der Waals surface area contributed by atoms with Crippen LogP contribution in [0.5, 0.6) is 0 Å². The van der Waals surface area contributed by atoms with Crippen molar-refractivity contribution in [3.8, 4) is 33.9 Å². The zero-order valence-corrected chi connectivity index (χ0v) is 45.8. The van der Waals surface area contributed by atoms with Crippen molar-refractivity contribution in [1.29, 1.82) is 0 Å². The molecule has 0 aliphatic heterocycles. The number of aromatic nitrogens is 6. The Bertz CT molecular complexity index is 3600. The second-order valence-corrected chi connectivity index (χ2v) is 18.6. The Morgan fingerprint density at radius 1 is 0.575 bits per heavy atom. The molecule has 0 fully saturated rings. The maximum Gasteiger partial charge on any atom is 0.335 e. The number of nitrogens with one attached hydrogen (secondary N) is 3. The lowest BCUT2D eigenvalue weighted by Gasteiger charge is -2.18. The first-order chi connectivity index (χ1) is 38.5. The molecule has 80 heavy (non-hydrogen) atoms. The summed E-state index contributed by atoms with van der Waals surface area (Å²) in [5, 5.41) is 19.5. The van der Waals surface area contributed by atoms with E-state index < -0.39 is 51.7 Å². The Balaban J connectivity index is 0.000000232. The summed E-state index contributed by atoms with van der Waals surface area (Å²) in [6.45, 7) is 19.3. The number of halogens is 4. The number of rotatable bonds is 23.